The molecule has 0 spiro atoms. The first-order chi connectivity index (χ1) is 9.30. The number of halogens is 6. The predicted molar refractivity (Wildman–Crippen MR) is 70.1 cm³/mol. The maximum absolute atomic E-state index is 13.2. The van der Waals surface area contributed by atoms with Gasteiger partial charge in [0.1, 0.15) is 6.67 Å². The zero-order valence-corrected chi connectivity index (χ0v) is 11.7. The molecule has 0 saturated carbocycles. The summed E-state index contributed by atoms with van der Waals surface area (Å²) in [5, 5.41) is 6.88. The summed E-state index contributed by atoms with van der Waals surface area (Å²) in [5.41, 5.74) is -0.0194. The van der Waals surface area contributed by atoms with E-state index >= 15 is 0 Å². The third kappa shape index (κ3) is 1.92. The second-order valence-corrected chi connectivity index (χ2v) is 5.16. The number of azo groups is 1. The smallest absolute Gasteiger partial charge is 0.298 e. The van der Waals surface area contributed by atoms with Crippen LogP contribution in [0.15, 0.2) is 33.3 Å². The van der Waals surface area contributed by atoms with Crippen LogP contribution in [-0.2, 0) is 0 Å². The van der Waals surface area contributed by atoms with Crippen molar-refractivity contribution in [1.82, 2.24) is 0 Å². The van der Waals surface area contributed by atoms with Gasteiger partial charge in [0.05, 0.1) is 21.4 Å². The molecule has 0 N–H and O–H groups in total. The maximum Gasteiger partial charge on any atom is 0.490 e. The number of hydrogen-bond acceptors (Lipinski definition) is 4. The van der Waals surface area contributed by atoms with E-state index in [0.717, 1.165) is 6.07 Å². The van der Waals surface area contributed by atoms with E-state index in [1.807, 2.05) is 0 Å². The molecule has 0 radical (unpaired) electrons. The minimum Gasteiger partial charge on any atom is -0.298 e. The second kappa shape index (κ2) is 4.41. The van der Waals surface area contributed by atoms with E-state index in [4.69, 9.17) is 34.8 Å². The Kier molecular flexibility index (Phi) is 3.04. The first-order valence-corrected chi connectivity index (χ1v) is 6.35. The summed E-state index contributed by atoms with van der Waals surface area (Å²) in [6.07, 6.45) is -4.72. The fraction of sp³-hybridized carbons (Fsp3) is 0.200. The van der Waals surface area contributed by atoms with Crippen LogP contribution < -0.4 is 9.80 Å². The third-order valence-electron chi connectivity index (χ3n) is 2.81. The molecule has 0 bridgehead atoms. The van der Waals surface area contributed by atoms with E-state index in [1.54, 1.807) is 0 Å². The lowest BCUT2D eigenvalue weighted by atomic mass is 10.2. The van der Waals surface area contributed by atoms with E-state index in [0.29, 0.717) is 0 Å². The molecular formula is C10H4Cl3F3N4. The summed E-state index contributed by atoms with van der Waals surface area (Å²) in [4.78, 5) is 1.43. The van der Waals surface area contributed by atoms with Crippen molar-refractivity contribution in [3.63, 3.8) is 0 Å². The molecule has 2 aliphatic heterocycles. The van der Waals surface area contributed by atoms with E-state index < -0.39 is 11.5 Å². The number of hydrogen-bond donors (Lipinski definition) is 0. The molecular weight excluding hydrogens is 339 g/mol. The van der Waals surface area contributed by atoms with Crippen molar-refractivity contribution in [1.29, 1.82) is 0 Å². The minimum atomic E-state index is -4.72. The van der Waals surface area contributed by atoms with E-state index in [9.17, 15) is 13.2 Å². The monoisotopic (exact) mass is 342 g/mol. The lowest BCUT2D eigenvalue weighted by molar-refractivity contribution is -0.123. The zero-order valence-electron chi connectivity index (χ0n) is 9.42. The van der Waals surface area contributed by atoms with E-state index in [1.165, 1.54) is 11.0 Å². The molecule has 3 rings (SSSR count). The van der Waals surface area contributed by atoms with Gasteiger partial charge in [-0.3, -0.25) is 4.90 Å². The summed E-state index contributed by atoms with van der Waals surface area (Å²) < 4.78 is 39.6. The number of benzene rings is 1. The quantitative estimate of drug-likeness (QED) is 0.626. The summed E-state index contributed by atoms with van der Waals surface area (Å²) >= 11 is 17.5. The largest absolute Gasteiger partial charge is 0.490 e. The number of nitrogens with zero attached hydrogens (tertiary/aromatic N) is 4. The summed E-state index contributed by atoms with van der Waals surface area (Å²) in [6, 6.07) is 2.45. The average molecular weight is 344 g/mol. The normalized spacial score (nSPS) is 17.7. The van der Waals surface area contributed by atoms with Crippen LogP contribution in [0.4, 0.5) is 24.5 Å². The second-order valence-electron chi connectivity index (χ2n) is 3.98. The molecule has 2 heterocycles. The van der Waals surface area contributed by atoms with Gasteiger partial charge in [-0.25, -0.2) is 4.90 Å². The molecule has 10 heteroatoms. The Morgan fingerprint density at radius 3 is 2.25 bits per heavy atom. The van der Waals surface area contributed by atoms with Crippen LogP contribution in [-0.4, -0.2) is 13.0 Å². The van der Waals surface area contributed by atoms with Crippen molar-refractivity contribution in [3.8, 4) is 0 Å². The third-order valence-corrected chi connectivity index (χ3v) is 3.87. The molecule has 0 aliphatic carbocycles. The molecule has 1 aromatic rings. The standard InChI is InChI=1S/C10H4Cl3F3N4/c11-4-1-6-7(2-5(4)12)20(10(14,15)16)8(13)9-18-17-3-19(6)9/h1-2H,3H2. The molecule has 0 unspecified atom stereocenters. The first-order valence-electron chi connectivity index (χ1n) is 5.21. The Labute approximate surface area is 126 Å². The van der Waals surface area contributed by atoms with Gasteiger partial charge in [0, 0.05) is 0 Å². The summed E-state index contributed by atoms with van der Waals surface area (Å²) in [7, 11) is 0. The van der Waals surface area contributed by atoms with Crippen molar-refractivity contribution in [3.05, 3.63) is 33.2 Å². The molecule has 0 aromatic heterocycles. The van der Waals surface area contributed by atoms with Crippen molar-refractivity contribution >= 4 is 46.2 Å². The lowest BCUT2D eigenvalue weighted by Crippen LogP contribution is -2.41. The molecule has 1 aromatic carbocycles. The average Bonchev–Trinajstić information content (AvgIpc) is 2.80. The van der Waals surface area contributed by atoms with E-state index in [-0.39, 0.29) is 38.8 Å². The van der Waals surface area contributed by atoms with Crippen LogP contribution in [0.3, 0.4) is 0 Å². The molecule has 0 fully saturated rings. The number of anilines is 2. The SMILES string of the molecule is FC(F)(F)N1C(Cl)=C2N=NCN2c2cc(Cl)c(Cl)cc21. The van der Waals surface area contributed by atoms with Crippen LogP contribution in [0, 0.1) is 0 Å². The number of alkyl halides is 3. The molecule has 0 atom stereocenters. The van der Waals surface area contributed by atoms with Crippen LogP contribution in [0.1, 0.15) is 0 Å². The minimum absolute atomic E-state index is 0.000609. The molecule has 20 heavy (non-hydrogen) atoms. The van der Waals surface area contributed by atoms with Gasteiger partial charge in [-0.15, -0.1) is 18.3 Å². The van der Waals surface area contributed by atoms with Crippen LogP contribution >= 0.6 is 34.8 Å². The molecule has 4 nitrogen and oxygen atoms in total. The highest BCUT2D eigenvalue weighted by molar-refractivity contribution is 6.42. The Morgan fingerprint density at radius 2 is 1.65 bits per heavy atom. The Morgan fingerprint density at radius 1 is 1.05 bits per heavy atom. The molecule has 0 saturated heterocycles. The van der Waals surface area contributed by atoms with Gasteiger partial charge in [-0.1, -0.05) is 34.8 Å². The lowest BCUT2D eigenvalue weighted by Gasteiger charge is -2.35. The fourth-order valence-electron chi connectivity index (χ4n) is 2.00. The molecule has 106 valence electrons. The number of fused-ring (bicyclic) bond motifs is 3. The van der Waals surface area contributed by atoms with Gasteiger partial charge in [-0.2, -0.15) is 5.11 Å². The topological polar surface area (TPSA) is 31.2 Å². The Hall–Kier alpha value is -1.18. The van der Waals surface area contributed by atoms with Gasteiger partial charge < -0.3 is 0 Å². The maximum atomic E-state index is 13.2. The number of rotatable bonds is 0. The summed E-state index contributed by atoms with van der Waals surface area (Å²) in [5.74, 6) is -0.0742. The van der Waals surface area contributed by atoms with Crippen LogP contribution in [0.5, 0.6) is 0 Å². The molecule has 2 aliphatic rings. The van der Waals surface area contributed by atoms with Gasteiger partial charge in [0.2, 0.25) is 0 Å². The Bertz CT molecular complexity index is 656. The highest BCUT2D eigenvalue weighted by Crippen LogP contribution is 2.49. The first kappa shape index (κ1) is 13.8. The molecule has 0 amide bonds. The van der Waals surface area contributed by atoms with Gasteiger partial charge in [0.15, 0.2) is 11.0 Å². The van der Waals surface area contributed by atoms with Crippen molar-refractivity contribution in [2.75, 3.05) is 16.5 Å². The van der Waals surface area contributed by atoms with Crippen molar-refractivity contribution < 1.29 is 13.2 Å². The van der Waals surface area contributed by atoms with Gasteiger partial charge >= 0.3 is 6.30 Å². The van der Waals surface area contributed by atoms with Gasteiger partial charge in [-0.05, 0) is 12.1 Å². The Balaban J connectivity index is 2.28. The fourth-order valence-corrected chi connectivity index (χ4v) is 2.64. The van der Waals surface area contributed by atoms with Crippen LogP contribution in [0.25, 0.3) is 0 Å². The summed E-state index contributed by atoms with van der Waals surface area (Å²) in [6.45, 7) is 0.0716. The van der Waals surface area contributed by atoms with E-state index in [2.05, 4.69) is 10.2 Å². The van der Waals surface area contributed by atoms with Crippen LogP contribution in [0.2, 0.25) is 10.0 Å². The predicted octanol–water partition coefficient (Wildman–Crippen LogP) is 4.93. The highest BCUT2D eigenvalue weighted by atomic mass is 35.5. The van der Waals surface area contributed by atoms with Crippen molar-refractivity contribution in [2.24, 2.45) is 10.2 Å². The zero-order chi connectivity index (χ0) is 14.7. The van der Waals surface area contributed by atoms with Gasteiger partial charge in [0.25, 0.3) is 0 Å². The highest BCUT2D eigenvalue weighted by Gasteiger charge is 2.46. The van der Waals surface area contributed by atoms with Crippen molar-refractivity contribution in [2.45, 2.75) is 6.30 Å².